The van der Waals surface area contributed by atoms with E-state index in [1.807, 2.05) is 11.0 Å². The topological polar surface area (TPSA) is 47.3 Å². The first-order chi connectivity index (χ1) is 12.8. The number of benzene rings is 2. The predicted molar refractivity (Wildman–Crippen MR) is 95.1 cm³/mol. The normalized spacial score (nSPS) is 14.2. The summed E-state index contributed by atoms with van der Waals surface area (Å²) in [5.74, 6) is -2.89. The van der Waals surface area contributed by atoms with Crippen LogP contribution in [0, 0.1) is 42.6 Å². The smallest absolute Gasteiger partial charge is 0.254 e. The molecule has 1 aliphatic rings. The molecule has 1 saturated heterocycles. The van der Waals surface area contributed by atoms with Crippen molar-refractivity contribution >= 4 is 11.6 Å². The van der Waals surface area contributed by atoms with Crippen LogP contribution in [0.25, 0.3) is 0 Å². The first-order valence-corrected chi connectivity index (χ1v) is 8.52. The van der Waals surface area contributed by atoms with E-state index in [9.17, 15) is 18.0 Å². The molecule has 140 valence electrons. The van der Waals surface area contributed by atoms with E-state index in [0.29, 0.717) is 48.6 Å². The highest BCUT2D eigenvalue weighted by Gasteiger charge is 2.25. The van der Waals surface area contributed by atoms with Crippen molar-refractivity contribution in [3.63, 3.8) is 0 Å². The van der Waals surface area contributed by atoms with Crippen LogP contribution >= 0.6 is 0 Å². The Bertz CT molecular complexity index is 944. The Morgan fingerprint density at radius 2 is 1.56 bits per heavy atom. The summed E-state index contributed by atoms with van der Waals surface area (Å²) in [6.45, 7) is 4.76. The maximum atomic E-state index is 14.3. The molecule has 1 amide bonds. The molecular formula is C20H18F3N3O. The molecule has 0 aromatic heterocycles. The summed E-state index contributed by atoms with van der Waals surface area (Å²) in [5.41, 5.74) is 1.86. The number of nitrogens with zero attached hydrogens (tertiary/aromatic N) is 3. The van der Waals surface area contributed by atoms with Crippen LogP contribution in [-0.4, -0.2) is 37.0 Å². The zero-order valence-electron chi connectivity index (χ0n) is 15.0. The van der Waals surface area contributed by atoms with Crippen molar-refractivity contribution in [2.45, 2.75) is 13.8 Å². The Morgan fingerprint density at radius 3 is 2.19 bits per heavy atom. The number of hydrogen-bond acceptors (Lipinski definition) is 3. The second-order valence-corrected chi connectivity index (χ2v) is 6.59. The maximum absolute atomic E-state index is 14.3. The van der Waals surface area contributed by atoms with Crippen LogP contribution in [0.1, 0.15) is 27.0 Å². The van der Waals surface area contributed by atoms with Gasteiger partial charge in [0, 0.05) is 31.7 Å². The number of amides is 1. The molecule has 0 spiro atoms. The lowest BCUT2D eigenvalue weighted by Gasteiger charge is -2.36. The van der Waals surface area contributed by atoms with Gasteiger partial charge in [-0.15, -0.1) is 0 Å². The summed E-state index contributed by atoms with van der Waals surface area (Å²) >= 11 is 0. The van der Waals surface area contributed by atoms with Crippen LogP contribution in [0.15, 0.2) is 24.3 Å². The second kappa shape index (κ2) is 7.31. The highest BCUT2D eigenvalue weighted by molar-refractivity contribution is 5.95. The van der Waals surface area contributed by atoms with Gasteiger partial charge in [-0.2, -0.15) is 5.26 Å². The SMILES string of the molecule is Cc1cc(N2CCN(C(=O)c3cc(F)c(F)cc3C)CC2)c(F)cc1C#N. The van der Waals surface area contributed by atoms with Crippen LogP contribution in [0.5, 0.6) is 0 Å². The highest BCUT2D eigenvalue weighted by atomic mass is 19.2. The largest absolute Gasteiger partial charge is 0.366 e. The number of nitriles is 1. The van der Waals surface area contributed by atoms with Gasteiger partial charge in [-0.3, -0.25) is 4.79 Å². The van der Waals surface area contributed by atoms with E-state index in [1.54, 1.807) is 24.8 Å². The van der Waals surface area contributed by atoms with Crippen LogP contribution in [0.2, 0.25) is 0 Å². The Labute approximate surface area is 155 Å². The fraction of sp³-hybridized carbons (Fsp3) is 0.300. The molecule has 0 atom stereocenters. The minimum atomic E-state index is -1.06. The van der Waals surface area contributed by atoms with E-state index in [-0.39, 0.29) is 11.5 Å². The van der Waals surface area contributed by atoms with Crippen LogP contribution < -0.4 is 4.90 Å². The quantitative estimate of drug-likeness (QED) is 0.809. The fourth-order valence-corrected chi connectivity index (χ4v) is 3.23. The van der Waals surface area contributed by atoms with Crippen LogP contribution in [0.4, 0.5) is 18.9 Å². The molecule has 0 unspecified atom stereocenters. The summed E-state index contributed by atoms with van der Waals surface area (Å²) in [5, 5.41) is 8.98. The molecule has 0 N–H and O–H groups in total. The number of carbonyl (C=O) groups excluding carboxylic acids is 1. The van der Waals surface area contributed by atoms with Crippen molar-refractivity contribution in [2.75, 3.05) is 31.1 Å². The molecule has 1 heterocycles. The number of halogens is 3. The minimum Gasteiger partial charge on any atom is -0.366 e. The monoisotopic (exact) mass is 373 g/mol. The van der Waals surface area contributed by atoms with Gasteiger partial charge in [-0.25, -0.2) is 13.2 Å². The summed E-state index contributed by atoms with van der Waals surface area (Å²) < 4.78 is 41.1. The lowest BCUT2D eigenvalue weighted by molar-refractivity contribution is 0.0745. The first kappa shape index (κ1) is 18.8. The van der Waals surface area contributed by atoms with Gasteiger partial charge in [0.1, 0.15) is 5.82 Å². The molecule has 7 heteroatoms. The molecule has 1 aliphatic heterocycles. The zero-order chi connectivity index (χ0) is 19.7. The Balaban J connectivity index is 1.74. The lowest BCUT2D eigenvalue weighted by atomic mass is 10.1. The molecule has 1 fully saturated rings. The fourth-order valence-electron chi connectivity index (χ4n) is 3.23. The number of piperazine rings is 1. The molecular weight excluding hydrogens is 355 g/mol. The van der Waals surface area contributed by atoms with Crippen LogP contribution in [0.3, 0.4) is 0 Å². The van der Waals surface area contributed by atoms with Gasteiger partial charge in [-0.1, -0.05) is 0 Å². The van der Waals surface area contributed by atoms with E-state index in [4.69, 9.17) is 5.26 Å². The van der Waals surface area contributed by atoms with Gasteiger partial charge in [0.25, 0.3) is 5.91 Å². The van der Waals surface area contributed by atoms with Crippen LogP contribution in [-0.2, 0) is 0 Å². The number of rotatable bonds is 2. The van der Waals surface area contributed by atoms with E-state index in [2.05, 4.69) is 0 Å². The average Bonchev–Trinajstić information content (AvgIpc) is 2.65. The van der Waals surface area contributed by atoms with Gasteiger partial charge in [0.2, 0.25) is 0 Å². The molecule has 3 rings (SSSR count). The van der Waals surface area contributed by atoms with E-state index < -0.39 is 17.5 Å². The van der Waals surface area contributed by atoms with Crippen molar-refractivity contribution in [3.05, 3.63) is 64.0 Å². The van der Waals surface area contributed by atoms with E-state index >= 15 is 0 Å². The molecule has 2 aromatic carbocycles. The van der Waals surface area contributed by atoms with Crippen molar-refractivity contribution in [1.82, 2.24) is 4.90 Å². The molecule has 0 saturated carbocycles. The molecule has 2 aromatic rings. The van der Waals surface area contributed by atoms with Gasteiger partial charge >= 0.3 is 0 Å². The van der Waals surface area contributed by atoms with Crippen molar-refractivity contribution in [2.24, 2.45) is 0 Å². The predicted octanol–water partition coefficient (Wildman–Crippen LogP) is 3.55. The zero-order valence-corrected chi connectivity index (χ0v) is 15.0. The Kier molecular flexibility index (Phi) is 5.08. The third-order valence-corrected chi connectivity index (χ3v) is 4.82. The molecule has 0 aliphatic carbocycles. The summed E-state index contributed by atoms with van der Waals surface area (Å²) in [7, 11) is 0. The molecule has 27 heavy (non-hydrogen) atoms. The average molecular weight is 373 g/mol. The summed E-state index contributed by atoms with van der Waals surface area (Å²) in [4.78, 5) is 16.0. The third kappa shape index (κ3) is 3.61. The number of aryl methyl sites for hydroxylation is 2. The number of hydrogen-bond donors (Lipinski definition) is 0. The number of anilines is 1. The van der Waals surface area contributed by atoms with Gasteiger partial charge in [0.15, 0.2) is 11.6 Å². The van der Waals surface area contributed by atoms with E-state index in [0.717, 1.165) is 12.1 Å². The van der Waals surface area contributed by atoms with Crippen molar-refractivity contribution in [1.29, 1.82) is 5.26 Å². The number of carbonyl (C=O) groups is 1. The molecule has 4 nitrogen and oxygen atoms in total. The van der Waals surface area contributed by atoms with Gasteiger partial charge in [-0.05, 0) is 49.2 Å². The molecule has 0 radical (unpaired) electrons. The molecule has 0 bridgehead atoms. The van der Waals surface area contributed by atoms with Crippen molar-refractivity contribution < 1.29 is 18.0 Å². The Hall–Kier alpha value is -3.01. The summed E-state index contributed by atoms with van der Waals surface area (Å²) in [6, 6.07) is 6.72. The minimum absolute atomic E-state index is 0.128. The maximum Gasteiger partial charge on any atom is 0.254 e. The van der Waals surface area contributed by atoms with Gasteiger partial charge < -0.3 is 9.80 Å². The summed E-state index contributed by atoms with van der Waals surface area (Å²) in [6.07, 6.45) is 0. The second-order valence-electron chi connectivity index (χ2n) is 6.59. The highest BCUT2D eigenvalue weighted by Crippen LogP contribution is 2.25. The van der Waals surface area contributed by atoms with Gasteiger partial charge in [0.05, 0.1) is 17.3 Å². The van der Waals surface area contributed by atoms with Crippen molar-refractivity contribution in [3.8, 4) is 6.07 Å². The standard InChI is InChI=1S/C20H18F3N3O/c1-12-8-19(18(23)9-14(12)11-24)25-3-5-26(6-4-25)20(27)15-10-17(22)16(21)7-13(15)2/h7-10H,3-6H2,1-2H3. The lowest BCUT2D eigenvalue weighted by Crippen LogP contribution is -2.49. The Morgan fingerprint density at radius 1 is 0.926 bits per heavy atom. The first-order valence-electron chi connectivity index (χ1n) is 8.52. The van der Waals surface area contributed by atoms with E-state index in [1.165, 1.54) is 6.07 Å². The third-order valence-electron chi connectivity index (χ3n) is 4.82.